The largest absolute Gasteiger partial charge is 0.480 e. The molecule has 0 aliphatic carbocycles. The van der Waals surface area contributed by atoms with E-state index in [4.69, 9.17) is 10.8 Å². The van der Waals surface area contributed by atoms with Gasteiger partial charge in [-0.05, 0) is 6.92 Å². The second-order valence-corrected chi connectivity index (χ2v) is 3.09. The van der Waals surface area contributed by atoms with Gasteiger partial charge in [-0.1, -0.05) is 0 Å². The number of nitrogens with two attached hydrogens (primary N) is 1. The monoisotopic (exact) mass is 233 g/mol. The van der Waals surface area contributed by atoms with Crippen LogP contribution in [0.4, 0.5) is 4.79 Å². The van der Waals surface area contributed by atoms with Crippen molar-refractivity contribution in [1.82, 2.24) is 10.6 Å². The first-order chi connectivity index (χ1) is 7.38. The van der Waals surface area contributed by atoms with Crippen molar-refractivity contribution in [3.63, 3.8) is 0 Å². The molecule has 5 N–H and O–H groups in total. The van der Waals surface area contributed by atoms with E-state index in [1.807, 2.05) is 0 Å². The lowest BCUT2D eigenvalue weighted by molar-refractivity contribution is -0.143. The molecule has 0 bridgehead atoms. The predicted molar refractivity (Wildman–Crippen MR) is 53.6 cm³/mol. The van der Waals surface area contributed by atoms with Gasteiger partial charge in [0.15, 0.2) is 6.04 Å². The number of carboxylic acids is 1. The molecule has 0 aromatic heterocycles. The lowest BCUT2D eigenvalue weighted by atomic mass is 10.2. The number of urea groups is 1. The van der Waals surface area contributed by atoms with Crippen molar-refractivity contribution in [2.24, 2.45) is 5.73 Å². The van der Waals surface area contributed by atoms with Crippen LogP contribution in [0.2, 0.25) is 0 Å². The molecular weight excluding hydrogens is 218 g/mol. The molecule has 0 rings (SSSR count). The van der Waals surface area contributed by atoms with E-state index in [0.29, 0.717) is 0 Å². The Kier molecular flexibility index (Phi) is 5.86. The molecule has 0 aliphatic heterocycles. The van der Waals surface area contributed by atoms with Gasteiger partial charge < -0.3 is 26.2 Å². The molecule has 0 aromatic carbocycles. The molecular formula is C8H15N3O5. The molecule has 0 fully saturated rings. The van der Waals surface area contributed by atoms with Crippen LogP contribution in [0.1, 0.15) is 6.92 Å². The van der Waals surface area contributed by atoms with E-state index in [1.165, 1.54) is 14.0 Å². The number of primary amides is 1. The maximum Gasteiger partial charge on any atom is 0.328 e. The highest BCUT2D eigenvalue weighted by atomic mass is 16.5. The van der Waals surface area contributed by atoms with Crippen LogP contribution < -0.4 is 16.4 Å². The number of carboxylic acid groups (broad SMARTS) is 1. The minimum absolute atomic E-state index is 0.162. The molecule has 0 saturated heterocycles. The van der Waals surface area contributed by atoms with E-state index in [-0.39, 0.29) is 6.61 Å². The van der Waals surface area contributed by atoms with Gasteiger partial charge in [-0.25, -0.2) is 9.59 Å². The minimum Gasteiger partial charge on any atom is -0.480 e. The van der Waals surface area contributed by atoms with Crippen molar-refractivity contribution in [3.05, 3.63) is 0 Å². The number of aliphatic carboxylic acids is 1. The summed E-state index contributed by atoms with van der Waals surface area (Å²) in [6.45, 7) is 1.22. The summed E-state index contributed by atoms with van der Waals surface area (Å²) >= 11 is 0. The van der Waals surface area contributed by atoms with E-state index in [1.54, 1.807) is 0 Å². The van der Waals surface area contributed by atoms with E-state index in [2.05, 4.69) is 15.4 Å². The molecule has 92 valence electrons. The Morgan fingerprint density at radius 2 is 1.94 bits per heavy atom. The highest BCUT2D eigenvalue weighted by Crippen LogP contribution is 1.89. The van der Waals surface area contributed by atoms with Crippen LogP contribution in [-0.4, -0.2) is 48.8 Å². The van der Waals surface area contributed by atoms with Gasteiger partial charge in [-0.3, -0.25) is 4.79 Å². The van der Waals surface area contributed by atoms with E-state index < -0.39 is 30.0 Å². The molecule has 0 radical (unpaired) electrons. The Morgan fingerprint density at radius 1 is 1.38 bits per heavy atom. The minimum atomic E-state index is -1.22. The maximum atomic E-state index is 11.4. The summed E-state index contributed by atoms with van der Waals surface area (Å²) < 4.78 is 4.62. The Hall–Kier alpha value is -1.83. The second-order valence-electron chi connectivity index (χ2n) is 3.09. The standard InChI is InChI=1S/C8H15N3O5/c1-4(10-8(9)15)6(12)11-5(3-16-2)7(13)14/h4-5H,3H2,1-2H3,(H,11,12)(H,13,14)(H3,9,10,15). The molecule has 16 heavy (non-hydrogen) atoms. The number of methoxy groups -OCH3 is 1. The van der Waals surface area contributed by atoms with Gasteiger partial charge in [0.05, 0.1) is 6.61 Å². The molecule has 2 unspecified atom stereocenters. The summed E-state index contributed by atoms with van der Waals surface area (Å²) in [5, 5.41) is 13.0. The van der Waals surface area contributed by atoms with Crippen LogP contribution in [0, 0.1) is 0 Å². The fourth-order valence-corrected chi connectivity index (χ4v) is 0.917. The molecule has 8 heteroatoms. The van der Waals surface area contributed by atoms with Crippen LogP contribution in [0.15, 0.2) is 0 Å². The molecule has 8 nitrogen and oxygen atoms in total. The molecule has 3 amide bonds. The third kappa shape index (κ3) is 5.15. The summed E-state index contributed by atoms with van der Waals surface area (Å²) in [6.07, 6.45) is 0. The van der Waals surface area contributed by atoms with Crippen molar-refractivity contribution < 1.29 is 24.2 Å². The first-order valence-corrected chi connectivity index (χ1v) is 4.46. The Labute approximate surface area is 92.1 Å². The Bertz CT molecular complexity index is 281. The Balaban J connectivity index is 4.28. The van der Waals surface area contributed by atoms with Crippen LogP contribution in [0.3, 0.4) is 0 Å². The fraction of sp³-hybridized carbons (Fsp3) is 0.625. The van der Waals surface area contributed by atoms with Gasteiger partial charge >= 0.3 is 12.0 Å². The van der Waals surface area contributed by atoms with E-state index >= 15 is 0 Å². The van der Waals surface area contributed by atoms with Gasteiger partial charge in [-0.15, -0.1) is 0 Å². The van der Waals surface area contributed by atoms with E-state index in [0.717, 1.165) is 0 Å². The van der Waals surface area contributed by atoms with Crippen molar-refractivity contribution in [2.45, 2.75) is 19.0 Å². The summed E-state index contributed by atoms with van der Waals surface area (Å²) in [7, 11) is 1.31. The van der Waals surface area contributed by atoms with Gasteiger partial charge in [0.25, 0.3) is 0 Å². The van der Waals surface area contributed by atoms with Gasteiger partial charge in [0.1, 0.15) is 6.04 Å². The summed E-state index contributed by atoms with van der Waals surface area (Å²) in [4.78, 5) is 32.5. The highest BCUT2D eigenvalue weighted by molar-refractivity contribution is 5.89. The smallest absolute Gasteiger partial charge is 0.328 e. The van der Waals surface area contributed by atoms with Crippen LogP contribution in [-0.2, 0) is 14.3 Å². The van der Waals surface area contributed by atoms with E-state index in [9.17, 15) is 14.4 Å². The zero-order chi connectivity index (χ0) is 12.7. The summed E-state index contributed by atoms with van der Waals surface area (Å²) in [6, 6.07) is -2.92. The average Bonchev–Trinajstić information content (AvgIpc) is 2.15. The van der Waals surface area contributed by atoms with Crippen LogP contribution in [0.25, 0.3) is 0 Å². The number of amides is 3. The van der Waals surface area contributed by atoms with Crippen LogP contribution >= 0.6 is 0 Å². The number of rotatable bonds is 6. The molecule has 0 spiro atoms. The lowest BCUT2D eigenvalue weighted by Crippen LogP contribution is -2.52. The Morgan fingerprint density at radius 3 is 2.31 bits per heavy atom. The van der Waals surface area contributed by atoms with Gasteiger partial charge in [0.2, 0.25) is 5.91 Å². The lowest BCUT2D eigenvalue weighted by Gasteiger charge is -2.17. The summed E-state index contributed by atoms with van der Waals surface area (Å²) in [5.41, 5.74) is 4.81. The van der Waals surface area contributed by atoms with Crippen molar-refractivity contribution in [2.75, 3.05) is 13.7 Å². The maximum absolute atomic E-state index is 11.4. The SMILES string of the molecule is COCC(NC(=O)C(C)NC(N)=O)C(=O)O. The van der Waals surface area contributed by atoms with Crippen molar-refractivity contribution in [3.8, 4) is 0 Å². The highest BCUT2D eigenvalue weighted by Gasteiger charge is 2.23. The molecule has 0 saturated carbocycles. The average molecular weight is 233 g/mol. The zero-order valence-electron chi connectivity index (χ0n) is 9.02. The van der Waals surface area contributed by atoms with Crippen molar-refractivity contribution >= 4 is 17.9 Å². The predicted octanol–water partition coefficient (Wildman–Crippen LogP) is -1.74. The number of hydrogen-bond donors (Lipinski definition) is 4. The molecule has 0 heterocycles. The molecule has 0 aliphatic rings. The third-order valence-corrected chi connectivity index (χ3v) is 1.70. The summed E-state index contributed by atoms with van der Waals surface area (Å²) in [5.74, 6) is -1.87. The normalized spacial score (nSPS) is 13.6. The number of carbonyl (C=O) groups excluding carboxylic acids is 2. The number of hydrogen-bond acceptors (Lipinski definition) is 4. The van der Waals surface area contributed by atoms with Crippen molar-refractivity contribution in [1.29, 1.82) is 0 Å². The number of nitrogens with one attached hydrogen (secondary N) is 2. The van der Waals surface area contributed by atoms with Crippen LogP contribution in [0.5, 0.6) is 0 Å². The molecule has 2 atom stereocenters. The first kappa shape index (κ1) is 14.2. The first-order valence-electron chi connectivity index (χ1n) is 4.46. The van der Waals surface area contributed by atoms with Gasteiger partial charge in [-0.2, -0.15) is 0 Å². The topological polar surface area (TPSA) is 131 Å². The quantitative estimate of drug-likeness (QED) is 0.432. The zero-order valence-corrected chi connectivity index (χ0v) is 9.02. The van der Waals surface area contributed by atoms with Gasteiger partial charge in [0, 0.05) is 7.11 Å². The fourth-order valence-electron chi connectivity index (χ4n) is 0.917. The number of ether oxygens (including phenoxy) is 1. The molecule has 0 aromatic rings. The third-order valence-electron chi connectivity index (χ3n) is 1.70. The number of carbonyl (C=O) groups is 3. The second kappa shape index (κ2) is 6.62.